The number of nitrogens with zero attached hydrogens (tertiary/aromatic N) is 2. The summed E-state index contributed by atoms with van der Waals surface area (Å²) in [5, 5.41) is 3.11. The summed E-state index contributed by atoms with van der Waals surface area (Å²) in [7, 11) is -3.67. The molecule has 1 heterocycles. The second-order valence-corrected chi connectivity index (χ2v) is 8.79. The van der Waals surface area contributed by atoms with Gasteiger partial charge in [0.25, 0.3) is 0 Å². The Balaban J connectivity index is 1.93. The second-order valence-electron chi connectivity index (χ2n) is 6.09. The SMILES string of the molecule is CS(=O)(=O)N(CC(=O)NCCCN1CCCC1)c1cccc(Cl)c1Cl. The molecular weight excluding hydrogens is 385 g/mol. The van der Waals surface area contributed by atoms with Crippen molar-refractivity contribution in [2.24, 2.45) is 0 Å². The monoisotopic (exact) mass is 407 g/mol. The van der Waals surface area contributed by atoms with Gasteiger partial charge in [-0.05, 0) is 51.0 Å². The Kier molecular flexibility index (Phi) is 7.37. The average molecular weight is 408 g/mol. The van der Waals surface area contributed by atoms with Crippen molar-refractivity contribution in [2.45, 2.75) is 19.3 Å². The molecule has 1 aliphatic rings. The molecule has 2 rings (SSSR count). The number of anilines is 1. The minimum atomic E-state index is -3.67. The van der Waals surface area contributed by atoms with Gasteiger partial charge in [-0.2, -0.15) is 0 Å². The van der Waals surface area contributed by atoms with Crippen LogP contribution >= 0.6 is 23.2 Å². The van der Waals surface area contributed by atoms with Crippen molar-refractivity contribution < 1.29 is 13.2 Å². The van der Waals surface area contributed by atoms with Crippen LogP contribution in [0, 0.1) is 0 Å². The van der Waals surface area contributed by atoms with Crippen molar-refractivity contribution >= 4 is 44.8 Å². The molecular formula is C16H23Cl2N3O3S. The molecule has 1 aliphatic heterocycles. The molecule has 1 saturated heterocycles. The van der Waals surface area contributed by atoms with Crippen LogP contribution in [0.25, 0.3) is 0 Å². The number of sulfonamides is 1. The number of hydrogen-bond acceptors (Lipinski definition) is 4. The first kappa shape index (κ1) is 20.3. The molecule has 0 spiro atoms. The first-order chi connectivity index (χ1) is 11.8. The van der Waals surface area contributed by atoms with E-state index in [9.17, 15) is 13.2 Å². The minimum Gasteiger partial charge on any atom is -0.354 e. The zero-order chi connectivity index (χ0) is 18.4. The van der Waals surface area contributed by atoms with E-state index in [0.29, 0.717) is 6.54 Å². The quantitative estimate of drug-likeness (QED) is 0.671. The van der Waals surface area contributed by atoms with Crippen molar-refractivity contribution in [3.05, 3.63) is 28.2 Å². The molecule has 6 nitrogen and oxygen atoms in total. The molecule has 0 saturated carbocycles. The van der Waals surface area contributed by atoms with Crippen LogP contribution in [-0.2, 0) is 14.8 Å². The third kappa shape index (κ3) is 6.02. The maximum Gasteiger partial charge on any atom is 0.240 e. The van der Waals surface area contributed by atoms with E-state index in [0.717, 1.165) is 36.6 Å². The van der Waals surface area contributed by atoms with Gasteiger partial charge in [0.2, 0.25) is 15.9 Å². The lowest BCUT2D eigenvalue weighted by atomic mass is 10.3. The molecule has 0 atom stereocenters. The highest BCUT2D eigenvalue weighted by Crippen LogP contribution is 2.33. The summed E-state index contributed by atoms with van der Waals surface area (Å²) in [6, 6.07) is 4.68. The highest BCUT2D eigenvalue weighted by Gasteiger charge is 2.23. The maximum atomic E-state index is 12.2. The summed E-state index contributed by atoms with van der Waals surface area (Å²) >= 11 is 12.1. The van der Waals surface area contributed by atoms with E-state index >= 15 is 0 Å². The Labute approximate surface area is 159 Å². The highest BCUT2D eigenvalue weighted by molar-refractivity contribution is 7.92. The van der Waals surface area contributed by atoms with Crippen LogP contribution in [0.2, 0.25) is 10.0 Å². The van der Waals surface area contributed by atoms with E-state index in [-0.39, 0.29) is 28.2 Å². The van der Waals surface area contributed by atoms with E-state index in [2.05, 4.69) is 10.2 Å². The van der Waals surface area contributed by atoms with Gasteiger partial charge in [0.15, 0.2) is 0 Å². The normalized spacial score (nSPS) is 15.3. The lowest BCUT2D eigenvalue weighted by Crippen LogP contribution is -2.41. The molecule has 1 N–H and O–H groups in total. The zero-order valence-electron chi connectivity index (χ0n) is 14.2. The van der Waals surface area contributed by atoms with Crippen LogP contribution in [0.4, 0.5) is 5.69 Å². The van der Waals surface area contributed by atoms with Crippen LogP contribution in [-0.4, -0.2) is 58.2 Å². The molecule has 1 aromatic rings. The fourth-order valence-electron chi connectivity index (χ4n) is 2.79. The Hall–Kier alpha value is -1.02. The number of carbonyl (C=O) groups excluding carboxylic acids is 1. The third-order valence-corrected chi connectivity index (χ3v) is 5.99. The minimum absolute atomic E-state index is 0.108. The molecule has 25 heavy (non-hydrogen) atoms. The molecule has 1 aromatic carbocycles. The Morgan fingerprint density at radius 2 is 1.96 bits per heavy atom. The Bertz CT molecular complexity index is 707. The maximum absolute atomic E-state index is 12.2. The van der Waals surface area contributed by atoms with Crippen molar-refractivity contribution in [1.29, 1.82) is 0 Å². The summed E-state index contributed by atoms with van der Waals surface area (Å²) in [6.07, 6.45) is 4.33. The summed E-state index contributed by atoms with van der Waals surface area (Å²) in [5.74, 6) is -0.372. The van der Waals surface area contributed by atoms with Gasteiger partial charge >= 0.3 is 0 Å². The molecule has 1 amide bonds. The number of nitrogens with one attached hydrogen (secondary N) is 1. The van der Waals surface area contributed by atoms with Crippen molar-refractivity contribution in [3.8, 4) is 0 Å². The van der Waals surface area contributed by atoms with Gasteiger partial charge in [-0.3, -0.25) is 9.10 Å². The zero-order valence-corrected chi connectivity index (χ0v) is 16.5. The summed E-state index contributed by atoms with van der Waals surface area (Å²) in [6.45, 7) is 3.35. The predicted octanol–water partition coefficient (Wildman–Crippen LogP) is 2.36. The van der Waals surface area contributed by atoms with Gasteiger partial charge in [-0.15, -0.1) is 0 Å². The van der Waals surface area contributed by atoms with Crippen molar-refractivity contribution in [2.75, 3.05) is 43.3 Å². The molecule has 0 unspecified atom stereocenters. The van der Waals surface area contributed by atoms with Crippen LogP contribution in [0.1, 0.15) is 19.3 Å². The third-order valence-electron chi connectivity index (χ3n) is 4.06. The predicted molar refractivity (Wildman–Crippen MR) is 102 cm³/mol. The van der Waals surface area contributed by atoms with E-state index in [1.807, 2.05) is 0 Å². The summed E-state index contributed by atoms with van der Waals surface area (Å²) in [5.41, 5.74) is 0.198. The van der Waals surface area contributed by atoms with Gasteiger partial charge in [0.05, 0.1) is 22.0 Å². The van der Waals surface area contributed by atoms with Crippen LogP contribution in [0.3, 0.4) is 0 Å². The largest absolute Gasteiger partial charge is 0.354 e. The lowest BCUT2D eigenvalue weighted by Gasteiger charge is -2.23. The lowest BCUT2D eigenvalue weighted by molar-refractivity contribution is -0.119. The molecule has 1 fully saturated rings. The molecule has 0 bridgehead atoms. The Morgan fingerprint density at radius 1 is 1.28 bits per heavy atom. The Morgan fingerprint density at radius 3 is 2.60 bits per heavy atom. The molecule has 0 aromatic heterocycles. The number of halogens is 2. The van der Waals surface area contributed by atoms with E-state index in [4.69, 9.17) is 23.2 Å². The number of carbonyl (C=O) groups is 1. The first-order valence-corrected chi connectivity index (χ1v) is 10.8. The highest BCUT2D eigenvalue weighted by atomic mass is 35.5. The van der Waals surface area contributed by atoms with Gasteiger partial charge in [-0.1, -0.05) is 29.3 Å². The number of likely N-dealkylation sites (tertiary alicyclic amines) is 1. The van der Waals surface area contributed by atoms with Gasteiger partial charge < -0.3 is 10.2 Å². The van der Waals surface area contributed by atoms with Crippen LogP contribution in [0.15, 0.2) is 18.2 Å². The topological polar surface area (TPSA) is 69.7 Å². The standard InChI is InChI=1S/C16H23Cl2N3O3S/c1-25(23,24)21(14-7-4-6-13(17)16(14)18)12-15(22)19-8-5-11-20-9-2-3-10-20/h4,6-7H,2-3,5,8-12H2,1H3,(H,19,22). The number of hydrogen-bond donors (Lipinski definition) is 1. The molecule has 140 valence electrons. The first-order valence-electron chi connectivity index (χ1n) is 8.20. The van der Waals surface area contributed by atoms with Crippen molar-refractivity contribution in [1.82, 2.24) is 10.2 Å². The van der Waals surface area contributed by atoms with Crippen molar-refractivity contribution in [3.63, 3.8) is 0 Å². The van der Waals surface area contributed by atoms with Crippen LogP contribution < -0.4 is 9.62 Å². The van der Waals surface area contributed by atoms with E-state index in [1.54, 1.807) is 12.1 Å². The van der Waals surface area contributed by atoms with Gasteiger partial charge in [0, 0.05) is 6.54 Å². The number of amides is 1. The van der Waals surface area contributed by atoms with Gasteiger partial charge in [-0.25, -0.2) is 8.42 Å². The van der Waals surface area contributed by atoms with E-state index in [1.165, 1.54) is 18.9 Å². The molecule has 0 radical (unpaired) electrons. The number of benzene rings is 1. The fraction of sp³-hybridized carbons (Fsp3) is 0.562. The summed E-state index contributed by atoms with van der Waals surface area (Å²) in [4.78, 5) is 14.5. The fourth-order valence-corrected chi connectivity index (χ4v) is 4.10. The molecule has 0 aliphatic carbocycles. The number of rotatable bonds is 8. The van der Waals surface area contributed by atoms with E-state index < -0.39 is 10.0 Å². The smallest absolute Gasteiger partial charge is 0.240 e. The molecule has 9 heteroatoms. The van der Waals surface area contributed by atoms with Crippen LogP contribution in [0.5, 0.6) is 0 Å². The average Bonchev–Trinajstić information content (AvgIpc) is 3.05. The van der Waals surface area contributed by atoms with Gasteiger partial charge in [0.1, 0.15) is 6.54 Å². The summed E-state index contributed by atoms with van der Waals surface area (Å²) < 4.78 is 25.1. The second kappa shape index (κ2) is 9.07.